The van der Waals surface area contributed by atoms with E-state index in [0.29, 0.717) is 22.5 Å². The fourth-order valence-corrected chi connectivity index (χ4v) is 1.55. The standard InChI is InChI=1S/C11H16BrN3O3/c1-15(2)3-4-18-7-10-9(14-11(16)17)5-8(12)6-13-10/h5-6,14H,3-4,7H2,1-2H3,(H,16,17). The van der Waals surface area contributed by atoms with Gasteiger partial charge in [-0.3, -0.25) is 10.3 Å². The second-order valence-corrected chi connectivity index (χ2v) is 4.85. The highest BCUT2D eigenvalue weighted by Crippen LogP contribution is 2.19. The lowest BCUT2D eigenvalue weighted by Gasteiger charge is -2.11. The topological polar surface area (TPSA) is 74.7 Å². The average molecular weight is 318 g/mol. The van der Waals surface area contributed by atoms with Crippen LogP contribution in [0.15, 0.2) is 16.7 Å². The molecule has 18 heavy (non-hydrogen) atoms. The van der Waals surface area contributed by atoms with Gasteiger partial charge >= 0.3 is 6.09 Å². The fraction of sp³-hybridized carbons (Fsp3) is 0.455. The molecule has 0 bridgehead atoms. The molecule has 0 saturated carbocycles. The summed E-state index contributed by atoms with van der Waals surface area (Å²) in [6, 6.07) is 1.66. The van der Waals surface area contributed by atoms with E-state index in [-0.39, 0.29) is 6.61 Å². The lowest BCUT2D eigenvalue weighted by atomic mass is 10.3. The van der Waals surface area contributed by atoms with Crippen LogP contribution in [-0.4, -0.2) is 48.3 Å². The number of anilines is 1. The third-order valence-electron chi connectivity index (χ3n) is 2.10. The Morgan fingerprint density at radius 2 is 2.33 bits per heavy atom. The van der Waals surface area contributed by atoms with Gasteiger partial charge in [0.15, 0.2) is 0 Å². The van der Waals surface area contributed by atoms with E-state index in [4.69, 9.17) is 9.84 Å². The van der Waals surface area contributed by atoms with Crippen molar-refractivity contribution in [2.45, 2.75) is 6.61 Å². The van der Waals surface area contributed by atoms with Crippen molar-refractivity contribution in [2.24, 2.45) is 0 Å². The SMILES string of the molecule is CN(C)CCOCc1ncc(Br)cc1NC(=O)O. The van der Waals surface area contributed by atoms with E-state index in [1.165, 1.54) is 0 Å². The van der Waals surface area contributed by atoms with Crippen LogP contribution >= 0.6 is 15.9 Å². The highest BCUT2D eigenvalue weighted by atomic mass is 79.9. The summed E-state index contributed by atoms with van der Waals surface area (Å²) in [5, 5.41) is 11.0. The minimum atomic E-state index is -1.12. The quantitative estimate of drug-likeness (QED) is 0.785. The van der Waals surface area contributed by atoms with Crippen LogP contribution in [0.3, 0.4) is 0 Å². The lowest BCUT2D eigenvalue weighted by Crippen LogP contribution is -2.18. The van der Waals surface area contributed by atoms with E-state index in [9.17, 15) is 4.79 Å². The first-order valence-corrected chi connectivity index (χ1v) is 6.15. The number of likely N-dealkylation sites (N-methyl/N-ethyl adjacent to an activating group) is 1. The summed E-state index contributed by atoms with van der Waals surface area (Å²) in [5.41, 5.74) is 1.00. The maximum absolute atomic E-state index is 10.6. The van der Waals surface area contributed by atoms with E-state index < -0.39 is 6.09 Å². The third kappa shape index (κ3) is 5.44. The largest absolute Gasteiger partial charge is 0.465 e. The molecule has 0 radical (unpaired) electrons. The van der Waals surface area contributed by atoms with Gasteiger partial charge in [0.2, 0.25) is 0 Å². The Morgan fingerprint density at radius 3 is 2.94 bits per heavy atom. The van der Waals surface area contributed by atoms with Crippen LogP contribution in [-0.2, 0) is 11.3 Å². The Morgan fingerprint density at radius 1 is 1.61 bits per heavy atom. The summed E-state index contributed by atoms with van der Waals surface area (Å²) >= 11 is 3.24. The molecule has 1 amide bonds. The van der Waals surface area contributed by atoms with Gasteiger partial charge in [0.25, 0.3) is 0 Å². The normalized spacial score (nSPS) is 10.7. The lowest BCUT2D eigenvalue weighted by molar-refractivity contribution is 0.103. The second kappa shape index (κ2) is 7.30. The van der Waals surface area contributed by atoms with Crippen LogP contribution in [0.5, 0.6) is 0 Å². The number of nitrogens with zero attached hydrogens (tertiary/aromatic N) is 2. The van der Waals surface area contributed by atoms with E-state index in [1.54, 1.807) is 12.3 Å². The Kier molecular flexibility index (Phi) is 6.03. The maximum Gasteiger partial charge on any atom is 0.409 e. The van der Waals surface area contributed by atoms with Crippen molar-refractivity contribution in [2.75, 3.05) is 32.6 Å². The number of nitrogens with one attached hydrogen (secondary N) is 1. The molecule has 0 aliphatic heterocycles. The Bertz CT molecular complexity index is 413. The smallest absolute Gasteiger partial charge is 0.409 e. The summed E-state index contributed by atoms with van der Waals surface area (Å²) in [7, 11) is 3.91. The molecule has 0 spiro atoms. The summed E-state index contributed by atoms with van der Waals surface area (Å²) in [6.45, 7) is 1.65. The molecule has 0 fully saturated rings. The molecule has 0 aromatic carbocycles. The zero-order valence-electron chi connectivity index (χ0n) is 10.3. The second-order valence-electron chi connectivity index (χ2n) is 3.93. The molecule has 6 nitrogen and oxygen atoms in total. The molecule has 1 rings (SSSR count). The van der Waals surface area contributed by atoms with Gasteiger partial charge in [0.1, 0.15) is 0 Å². The van der Waals surface area contributed by atoms with Gasteiger partial charge in [0.05, 0.1) is 24.6 Å². The molecule has 1 aromatic heterocycles. The molecule has 0 aliphatic rings. The molecule has 0 aliphatic carbocycles. The maximum atomic E-state index is 10.6. The van der Waals surface area contributed by atoms with Gasteiger partial charge in [-0.15, -0.1) is 0 Å². The van der Waals surface area contributed by atoms with Gasteiger partial charge in [-0.05, 0) is 36.1 Å². The number of carboxylic acid groups (broad SMARTS) is 1. The molecule has 0 unspecified atom stereocenters. The zero-order chi connectivity index (χ0) is 13.5. The van der Waals surface area contributed by atoms with E-state index in [1.807, 2.05) is 19.0 Å². The number of hydrogen-bond acceptors (Lipinski definition) is 4. The predicted octanol–water partition coefficient (Wildman–Crippen LogP) is 2.01. The number of rotatable bonds is 6. The minimum absolute atomic E-state index is 0.275. The van der Waals surface area contributed by atoms with Crippen LogP contribution in [0, 0.1) is 0 Å². The highest BCUT2D eigenvalue weighted by molar-refractivity contribution is 9.10. The predicted molar refractivity (Wildman–Crippen MR) is 71.8 cm³/mol. The van der Waals surface area contributed by atoms with Gasteiger partial charge in [-0.2, -0.15) is 0 Å². The van der Waals surface area contributed by atoms with Crippen LogP contribution in [0.4, 0.5) is 10.5 Å². The van der Waals surface area contributed by atoms with Crippen molar-refractivity contribution in [3.63, 3.8) is 0 Å². The Labute approximate surface area is 114 Å². The number of amides is 1. The van der Waals surface area contributed by atoms with Crippen LogP contribution in [0.1, 0.15) is 5.69 Å². The summed E-state index contributed by atoms with van der Waals surface area (Å²) in [5.74, 6) is 0. The average Bonchev–Trinajstić information content (AvgIpc) is 2.25. The van der Waals surface area contributed by atoms with E-state index in [0.717, 1.165) is 6.54 Å². The van der Waals surface area contributed by atoms with Crippen molar-refractivity contribution in [1.29, 1.82) is 0 Å². The summed E-state index contributed by atoms with van der Waals surface area (Å²) in [6.07, 6.45) is 0.488. The molecular weight excluding hydrogens is 302 g/mol. The fourth-order valence-electron chi connectivity index (χ4n) is 1.22. The summed E-state index contributed by atoms with van der Waals surface area (Å²) < 4.78 is 6.15. The molecular formula is C11H16BrN3O3. The molecule has 1 heterocycles. The van der Waals surface area contributed by atoms with E-state index in [2.05, 4.69) is 26.2 Å². The highest BCUT2D eigenvalue weighted by Gasteiger charge is 2.08. The molecule has 2 N–H and O–H groups in total. The zero-order valence-corrected chi connectivity index (χ0v) is 11.9. The Balaban J connectivity index is 2.60. The first-order valence-electron chi connectivity index (χ1n) is 5.36. The van der Waals surface area contributed by atoms with Gasteiger partial charge in [-0.25, -0.2) is 4.79 Å². The first kappa shape index (κ1) is 14.9. The van der Waals surface area contributed by atoms with Crippen LogP contribution in [0.25, 0.3) is 0 Å². The van der Waals surface area contributed by atoms with Crippen LogP contribution < -0.4 is 5.32 Å². The molecule has 0 atom stereocenters. The Hall–Kier alpha value is -1.18. The molecule has 0 saturated heterocycles. The monoisotopic (exact) mass is 317 g/mol. The van der Waals surface area contributed by atoms with Gasteiger partial charge < -0.3 is 14.7 Å². The van der Waals surface area contributed by atoms with Crippen molar-refractivity contribution >= 4 is 27.7 Å². The van der Waals surface area contributed by atoms with Crippen LogP contribution in [0.2, 0.25) is 0 Å². The minimum Gasteiger partial charge on any atom is -0.465 e. The van der Waals surface area contributed by atoms with E-state index >= 15 is 0 Å². The van der Waals surface area contributed by atoms with Crippen molar-refractivity contribution in [1.82, 2.24) is 9.88 Å². The number of hydrogen-bond donors (Lipinski definition) is 2. The molecule has 1 aromatic rings. The molecule has 100 valence electrons. The molecule has 7 heteroatoms. The first-order chi connectivity index (χ1) is 8.49. The number of halogens is 1. The third-order valence-corrected chi connectivity index (χ3v) is 2.53. The van der Waals surface area contributed by atoms with Gasteiger partial charge in [-0.1, -0.05) is 0 Å². The van der Waals surface area contributed by atoms with Crippen molar-refractivity contribution < 1.29 is 14.6 Å². The van der Waals surface area contributed by atoms with Crippen molar-refractivity contribution in [3.8, 4) is 0 Å². The summed E-state index contributed by atoms with van der Waals surface area (Å²) in [4.78, 5) is 16.8. The number of pyridine rings is 1. The number of aromatic nitrogens is 1. The van der Waals surface area contributed by atoms with Gasteiger partial charge in [0, 0.05) is 17.2 Å². The number of carbonyl (C=O) groups is 1. The number of ether oxygens (including phenoxy) is 1. The van der Waals surface area contributed by atoms with Crippen molar-refractivity contribution in [3.05, 3.63) is 22.4 Å².